The summed E-state index contributed by atoms with van der Waals surface area (Å²) in [6.07, 6.45) is 4.10. The van der Waals surface area contributed by atoms with Gasteiger partial charge in [-0.05, 0) is 49.0 Å². The van der Waals surface area contributed by atoms with E-state index in [0.717, 1.165) is 12.0 Å². The van der Waals surface area contributed by atoms with Gasteiger partial charge in [-0.3, -0.25) is 0 Å². The minimum atomic E-state index is -5.68. The number of hydrogen-bond acceptors (Lipinski definition) is 4. The van der Waals surface area contributed by atoms with E-state index in [1.54, 1.807) is 18.2 Å². The first kappa shape index (κ1) is 20.4. The molecule has 0 amide bonds. The molecule has 144 valence electrons. The molecule has 1 aromatic carbocycles. The molecule has 0 bridgehead atoms. The maximum absolute atomic E-state index is 12.7. The Balaban J connectivity index is 2.44. The Kier molecular flexibility index (Phi) is 6.39. The van der Waals surface area contributed by atoms with E-state index >= 15 is 0 Å². The molecule has 0 aliphatic heterocycles. The van der Waals surface area contributed by atoms with E-state index in [0.29, 0.717) is 30.6 Å². The largest absolute Gasteiger partial charge is 0.534 e. The lowest BCUT2D eigenvalue weighted by Crippen LogP contribution is -2.26. The number of halogens is 3. The number of alkyl halides is 3. The number of allylic oxidation sites excluding steroid dienone is 3. The van der Waals surface area contributed by atoms with E-state index in [1.165, 1.54) is 7.11 Å². The van der Waals surface area contributed by atoms with Gasteiger partial charge in [-0.1, -0.05) is 18.2 Å². The number of ether oxygens (including phenoxy) is 1. The molecular weight excluding hydrogens is 369 g/mol. The van der Waals surface area contributed by atoms with Crippen molar-refractivity contribution >= 4 is 10.1 Å². The lowest BCUT2D eigenvalue weighted by molar-refractivity contribution is -0.0525. The Labute approximate surface area is 151 Å². The van der Waals surface area contributed by atoms with Crippen LogP contribution in [0, 0.1) is 0 Å². The molecule has 1 aliphatic carbocycles. The van der Waals surface area contributed by atoms with Crippen LogP contribution in [-0.4, -0.2) is 21.0 Å². The van der Waals surface area contributed by atoms with Crippen molar-refractivity contribution in [1.82, 2.24) is 0 Å². The van der Waals surface area contributed by atoms with Gasteiger partial charge in [-0.2, -0.15) is 21.6 Å². The van der Waals surface area contributed by atoms with Gasteiger partial charge in [-0.15, -0.1) is 6.58 Å². The standard InChI is InChI=1S/C18H21F3O4S/c1-3-6-15(13-9-11-14(24-2)12-10-13)16-7-4-5-8-17(16)25-26(22,23)18(19,20)21/h3,9-12,15H,1,4-8H2,2H3. The lowest BCUT2D eigenvalue weighted by atomic mass is 9.82. The first-order valence-electron chi connectivity index (χ1n) is 8.17. The van der Waals surface area contributed by atoms with Crippen LogP contribution in [0.3, 0.4) is 0 Å². The van der Waals surface area contributed by atoms with Crippen molar-refractivity contribution in [3.8, 4) is 5.75 Å². The zero-order valence-corrected chi connectivity index (χ0v) is 15.2. The number of hydrogen-bond donors (Lipinski definition) is 0. The third-order valence-electron chi connectivity index (χ3n) is 4.29. The van der Waals surface area contributed by atoms with Crippen LogP contribution in [0.15, 0.2) is 48.3 Å². The van der Waals surface area contributed by atoms with E-state index in [-0.39, 0.29) is 18.1 Å². The van der Waals surface area contributed by atoms with E-state index in [1.807, 2.05) is 12.1 Å². The number of methoxy groups -OCH3 is 1. The summed E-state index contributed by atoms with van der Waals surface area (Å²) in [7, 11) is -4.14. The maximum atomic E-state index is 12.7. The molecule has 0 aromatic heterocycles. The Morgan fingerprint density at radius 2 is 1.81 bits per heavy atom. The predicted octanol–water partition coefficient (Wildman–Crippen LogP) is 5.05. The Bertz CT molecular complexity index is 765. The first-order chi connectivity index (χ1) is 12.2. The fourth-order valence-electron chi connectivity index (χ4n) is 3.03. The van der Waals surface area contributed by atoms with Crippen molar-refractivity contribution in [2.45, 2.75) is 43.5 Å². The van der Waals surface area contributed by atoms with Crippen LogP contribution in [0.1, 0.15) is 43.6 Å². The fourth-order valence-corrected chi connectivity index (χ4v) is 3.58. The molecule has 2 rings (SSSR count). The van der Waals surface area contributed by atoms with Crippen molar-refractivity contribution < 1.29 is 30.5 Å². The molecular formula is C18H21F3O4S. The molecule has 0 saturated carbocycles. The molecule has 0 heterocycles. The normalized spacial score (nSPS) is 16.9. The fraction of sp³-hybridized carbons (Fsp3) is 0.444. The van der Waals surface area contributed by atoms with Crippen molar-refractivity contribution in [1.29, 1.82) is 0 Å². The summed E-state index contributed by atoms with van der Waals surface area (Å²) in [6, 6.07) is 7.12. The summed E-state index contributed by atoms with van der Waals surface area (Å²) in [4.78, 5) is 0. The molecule has 1 aromatic rings. The second kappa shape index (κ2) is 8.16. The van der Waals surface area contributed by atoms with Gasteiger partial charge in [0, 0.05) is 12.3 Å². The number of rotatable bonds is 7. The molecule has 4 nitrogen and oxygen atoms in total. The summed E-state index contributed by atoms with van der Waals surface area (Å²) in [5.41, 5.74) is -4.03. The highest BCUT2D eigenvalue weighted by Crippen LogP contribution is 2.40. The molecule has 1 atom stereocenters. The van der Waals surface area contributed by atoms with E-state index in [9.17, 15) is 21.6 Å². The minimum absolute atomic E-state index is 0.101. The summed E-state index contributed by atoms with van der Waals surface area (Å²) in [5.74, 6) is 0.258. The maximum Gasteiger partial charge on any atom is 0.534 e. The second-order valence-corrected chi connectivity index (χ2v) is 7.53. The van der Waals surface area contributed by atoms with Crippen LogP contribution in [0.4, 0.5) is 13.2 Å². The highest BCUT2D eigenvalue weighted by atomic mass is 32.2. The van der Waals surface area contributed by atoms with Gasteiger partial charge in [0.1, 0.15) is 11.5 Å². The van der Waals surface area contributed by atoms with Crippen LogP contribution < -0.4 is 4.74 Å². The predicted molar refractivity (Wildman–Crippen MR) is 92.1 cm³/mol. The molecule has 0 saturated heterocycles. The van der Waals surface area contributed by atoms with Gasteiger partial charge in [-0.25, -0.2) is 0 Å². The Hall–Kier alpha value is -1.96. The minimum Gasteiger partial charge on any atom is -0.497 e. The Morgan fingerprint density at radius 3 is 2.35 bits per heavy atom. The molecule has 8 heteroatoms. The van der Waals surface area contributed by atoms with Crippen molar-refractivity contribution in [3.63, 3.8) is 0 Å². The average Bonchev–Trinajstić information content (AvgIpc) is 2.59. The van der Waals surface area contributed by atoms with Gasteiger partial charge < -0.3 is 8.92 Å². The first-order valence-corrected chi connectivity index (χ1v) is 9.58. The number of benzene rings is 1. The van der Waals surface area contributed by atoms with Crippen molar-refractivity contribution in [2.75, 3.05) is 7.11 Å². The highest BCUT2D eigenvalue weighted by molar-refractivity contribution is 7.87. The van der Waals surface area contributed by atoms with E-state index in [2.05, 4.69) is 10.8 Å². The third kappa shape index (κ3) is 4.60. The summed E-state index contributed by atoms with van der Waals surface area (Å²) < 4.78 is 70.6. The molecule has 1 aliphatic rings. The molecule has 26 heavy (non-hydrogen) atoms. The summed E-state index contributed by atoms with van der Waals surface area (Å²) >= 11 is 0. The van der Waals surface area contributed by atoms with Gasteiger partial charge in [0.2, 0.25) is 0 Å². The van der Waals surface area contributed by atoms with Gasteiger partial charge in [0.15, 0.2) is 0 Å². The van der Waals surface area contributed by atoms with E-state index in [4.69, 9.17) is 4.74 Å². The second-order valence-electron chi connectivity index (χ2n) is 5.99. The van der Waals surface area contributed by atoms with Crippen molar-refractivity contribution in [2.24, 2.45) is 0 Å². The molecule has 0 N–H and O–H groups in total. The van der Waals surface area contributed by atoms with Gasteiger partial charge in [0.05, 0.1) is 7.11 Å². The van der Waals surface area contributed by atoms with Crippen LogP contribution in [0.5, 0.6) is 5.75 Å². The topological polar surface area (TPSA) is 52.6 Å². The molecule has 0 radical (unpaired) electrons. The highest BCUT2D eigenvalue weighted by Gasteiger charge is 2.49. The monoisotopic (exact) mass is 390 g/mol. The quantitative estimate of drug-likeness (QED) is 0.371. The zero-order chi connectivity index (χ0) is 19.4. The summed E-state index contributed by atoms with van der Waals surface area (Å²) in [6.45, 7) is 3.71. The average molecular weight is 390 g/mol. The van der Waals surface area contributed by atoms with Gasteiger partial charge in [0.25, 0.3) is 0 Å². The zero-order valence-electron chi connectivity index (χ0n) is 14.4. The third-order valence-corrected chi connectivity index (χ3v) is 5.28. The van der Waals surface area contributed by atoms with Gasteiger partial charge >= 0.3 is 15.6 Å². The van der Waals surface area contributed by atoms with E-state index < -0.39 is 15.6 Å². The van der Waals surface area contributed by atoms with Crippen LogP contribution in [0.25, 0.3) is 0 Å². The molecule has 1 unspecified atom stereocenters. The summed E-state index contributed by atoms with van der Waals surface area (Å²) in [5, 5.41) is 0. The van der Waals surface area contributed by atoms with Crippen LogP contribution in [0.2, 0.25) is 0 Å². The van der Waals surface area contributed by atoms with Crippen LogP contribution in [-0.2, 0) is 14.3 Å². The Morgan fingerprint density at radius 1 is 1.19 bits per heavy atom. The lowest BCUT2D eigenvalue weighted by Gasteiger charge is -2.27. The van der Waals surface area contributed by atoms with Crippen molar-refractivity contribution in [3.05, 3.63) is 53.8 Å². The van der Waals surface area contributed by atoms with Crippen LogP contribution >= 0.6 is 0 Å². The SMILES string of the molecule is C=CCC(C1=C(OS(=O)(=O)C(F)(F)F)CCCC1)c1ccc(OC)cc1. The molecule has 0 fully saturated rings. The molecule has 0 spiro atoms. The smallest absolute Gasteiger partial charge is 0.497 e.